The number of rotatable bonds is 6. The fourth-order valence-electron chi connectivity index (χ4n) is 3.91. The standard InChI is InChI=1S/C26H23FN4/c1-2-3-9-23-30-24(18-10-12-19(27)13-11-18)25(31-23)20-14-15-28-26-21(20)16-22(29-26)17-7-5-4-6-8-17/h4-8,10-16H,2-3,9H2,1H3,(H,28,29)(H,30,31). The van der Waals surface area contributed by atoms with E-state index in [4.69, 9.17) is 4.98 Å². The number of aromatic amines is 2. The number of halogens is 1. The van der Waals surface area contributed by atoms with Gasteiger partial charge in [0.15, 0.2) is 0 Å². The van der Waals surface area contributed by atoms with Crippen molar-refractivity contribution in [1.29, 1.82) is 0 Å². The molecule has 0 fully saturated rings. The van der Waals surface area contributed by atoms with Crippen LogP contribution in [0.15, 0.2) is 72.9 Å². The van der Waals surface area contributed by atoms with Gasteiger partial charge < -0.3 is 9.97 Å². The van der Waals surface area contributed by atoms with Crippen LogP contribution in [0.1, 0.15) is 25.6 Å². The van der Waals surface area contributed by atoms with Crippen LogP contribution < -0.4 is 0 Å². The lowest BCUT2D eigenvalue weighted by atomic mass is 10.0. The SMILES string of the molecule is CCCCc1nc(-c2ccc(F)cc2)c(-c2ccnc3[nH]c(-c4ccccc4)cc23)[nH]1. The Bertz CT molecular complexity index is 1320. The molecule has 0 unspecified atom stereocenters. The molecule has 2 aromatic carbocycles. The topological polar surface area (TPSA) is 57.4 Å². The van der Waals surface area contributed by atoms with Gasteiger partial charge in [-0.1, -0.05) is 43.7 Å². The molecule has 5 aromatic rings. The molecule has 154 valence electrons. The second-order valence-corrected chi connectivity index (χ2v) is 7.69. The molecule has 3 heterocycles. The number of nitrogens with zero attached hydrogens (tertiary/aromatic N) is 2. The quantitative estimate of drug-likeness (QED) is 0.325. The number of aryl methyl sites for hydroxylation is 1. The van der Waals surface area contributed by atoms with Crippen molar-refractivity contribution in [2.75, 3.05) is 0 Å². The number of hydrogen-bond acceptors (Lipinski definition) is 2. The Kier molecular flexibility index (Phi) is 5.08. The van der Waals surface area contributed by atoms with Gasteiger partial charge in [-0.3, -0.25) is 0 Å². The van der Waals surface area contributed by atoms with E-state index in [-0.39, 0.29) is 5.82 Å². The van der Waals surface area contributed by atoms with Gasteiger partial charge in [0.2, 0.25) is 0 Å². The van der Waals surface area contributed by atoms with Crippen LogP contribution >= 0.6 is 0 Å². The highest BCUT2D eigenvalue weighted by Crippen LogP contribution is 2.36. The average Bonchev–Trinajstić information content (AvgIpc) is 3.43. The van der Waals surface area contributed by atoms with E-state index in [1.165, 1.54) is 12.1 Å². The Morgan fingerprint density at radius 3 is 2.48 bits per heavy atom. The molecule has 0 bridgehead atoms. The van der Waals surface area contributed by atoms with Crippen LogP contribution in [0.4, 0.5) is 4.39 Å². The minimum absolute atomic E-state index is 0.253. The van der Waals surface area contributed by atoms with E-state index < -0.39 is 0 Å². The second-order valence-electron chi connectivity index (χ2n) is 7.69. The molecule has 0 aliphatic rings. The lowest BCUT2D eigenvalue weighted by Crippen LogP contribution is -1.87. The summed E-state index contributed by atoms with van der Waals surface area (Å²) in [6, 6.07) is 20.9. The number of fused-ring (bicyclic) bond motifs is 1. The van der Waals surface area contributed by atoms with Gasteiger partial charge in [-0.15, -0.1) is 0 Å². The Morgan fingerprint density at radius 1 is 0.903 bits per heavy atom. The first kappa shape index (κ1) is 19.2. The molecule has 0 saturated carbocycles. The van der Waals surface area contributed by atoms with Gasteiger partial charge in [-0.25, -0.2) is 14.4 Å². The zero-order chi connectivity index (χ0) is 21.2. The fourth-order valence-corrected chi connectivity index (χ4v) is 3.91. The zero-order valence-corrected chi connectivity index (χ0v) is 17.3. The van der Waals surface area contributed by atoms with E-state index in [1.807, 2.05) is 30.5 Å². The molecule has 31 heavy (non-hydrogen) atoms. The van der Waals surface area contributed by atoms with Crippen LogP contribution in [-0.2, 0) is 6.42 Å². The molecule has 5 heteroatoms. The smallest absolute Gasteiger partial charge is 0.138 e. The summed E-state index contributed by atoms with van der Waals surface area (Å²) in [6.45, 7) is 2.17. The molecule has 4 nitrogen and oxygen atoms in total. The molecule has 0 amide bonds. The van der Waals surface area contributed by atoms with Gasteiger partial charge in [0.1, 0.15) is 17.3 Å². The van der Waals surface area contributed by atoms with Crippen LogP contribution in [0.3, 0.4) is 0 Å². The van der Waals surface area contributed by atoms with Crippen LogP contribution in [0, 0.1) is 5.82 Å². The van der Waals surface area contributed by atoms with Crippen LogP contribution in [0.5, 0.6) is 0 Å². The third-order valence-corrected chi connectivity index (χ3v) is 5.52. The molecule has 2 N–H and O–H groups in total. The van der Waals surface area contributed by atoms with E-state index >= 15 is 0 Å². The first-order valence-corrected chi connectivity index (χ1v) is 10.6. The average molecular weight is 410 g/mol. The van der Waals surface area contributed by atoms with Gasteiger partial charge in [-0.2, -0.15) is 0 Å². The zero-order valence-electron chi connectivity index (χ0n) is 17.3. The monoisotopic (exact) mass is 410 g/mol. The normalized spacial score (nSPS) is 11.3. The summed E-state index contributed by atoms with van der Waals surface area (Å²) in [5.41, 5.74) is 6.64. The molecular weight excluding hydrogens is 387 g/mol. The maximum Gasteiger partial charge on any atom is 0.138 e. The number of nitrogens with one attached hydrogen (secondary N) is 2. The molecule has 0 aliphatic heterocycles. The summed E-state index contributed by atoms with van der Waals surface area (Å²) < 4.78 is 13.5. The number of H-pyrrole nitrogens is 2. The van der Waals surface area contributed by atoms with Crippen LogP contribution in [0.25, 0.3) is 44.8 Å². The van der Waals surface area contributed by atoms with E-state index in [1.54, 1.807) is 12.1 Å². The number of benzene rings is 2. The Labute approximate surface area is 180 Å². The molecule has 3 aromatic heterocycles. The van der Waals surface area contributed by atoms with Gasteiger partial charge in [-0.05, 0) is 48.4 Å². The van der Waals surface area contributed by atoms with Gasteiger partial charge in [0.25, 0.3) is 0 Å². The molecule has 0 aliphatic carbocycles. The molecule has 0 atom stereocenters. The van der Waals surface area contributed by atoms with Crippen LogP contribution in [-0.4, -0.2) is 19.9 Å². The summed E-state index contributed by atoms with van der Waals surface area (Å²) in [7, 11) is 0. The number of imidazole rings is 1. The lowest BCUT2D eigenvalue weighted by molar-refractivity contribution is 0.628. The van der Waals surface area contributed by atoms with Crippen molar-refractivity contribution in [2.45, 2.75) is 26.2 Å². The molecule has 0 spiro atoms. The Balaban J connectivity index is 1.67. The third kappa shape index (κ3) is 3.75. The highest BCUT2D eigenvalue weighted by Gasteiger charge is 2.18. The number of hydrogen-bond donors (Lipinski definition) is 2. The first-order valence-electron chi connectivity index (χ1n) is 10.6. The molecule has 0 saturated heterocycles. The largest absolute Gasteiger partial charge is 0.341 e. The van der Waals surface area contributed by atoms with Crippen molar-refractivity contribution in [3.05, 3.63) is 84.6 Å². The van der Waals surface area contributed by atoms with Crippen molar-refractivity contribution in [3.63, 3.8) is 0 Å². The van der Waals surface area contributed by atoms with Gasteiger partial charge in [0.05, 0.1) is 11.4 Å². The lowest BCUT2D eigenvalue weighted by Gasteiger charge is -2.05. The Morgan fingerprint density at radius 2 is 1.71 bits per heavy atom. The minimum atomic E-state index is -0.253. The molecular formula is C26H23FN4. The van der Waals surface area contributed by atoms with Gasteiger partial charge >= 0.3 is 0 Å². The number of unbranched alkanes of at least 4 members (excludes halogenated alkanes) is 1. The maximum absolute atomic E-state index is 13.5. The summed E-state index contributed by atoms with van der Waals surface area (Å²) in [6.07, 6.45) is 4.84. The maximum atomic E-state index is 13.5. The highest BCUT2D eigenvalue weighted by atomic mass is 19.1. The summed E-state index contributed by atoms with van der Waals surface area (Å²) in [5.74, 6) is 0.691. The molecule has 5 rings (SSSR count). The van der Waals surface area contributed by atoms with E-state index in [9.17, 15) is 4.39 Å². The summed E-state index contributed by atoms with van der Waals surface area (Å²) in [4.78, 5) is 16.4. The fraction of sp³-hybridized carbons (Fsp3) is 0.154. The predicted molar refractivity (Wildman–Crippen MR) is 123 cm³/mol. The number of aromatic nitrogens is 4. The number of pyridine rings is 1. The van der Waals surface area contributed by atoms with E-state index in [2.05, 4.69) is 40.1 Å². The van der Waals surface area contributed by atoms with Crippen molar-refractivity contribution in [3.8, 4) is 33.8 Å². The first-order chi connectivity index (χ1) is 15.2. The Hall–Kier alpha value is -3.73. The van der Waals surface area contributed by atoms with E-state index in [0.717, 1.165) is 69.9 Å². The van der Waals surface area contributed by atoms with E-state index in [0.29, 0.717) is 0 Å². The van der Waals surface area contributed by atoms with Crippen molar-refractivity contribution >= 4 is 11.0 Å². The summed E-state index contributed by atoms with van der Waals surface area (Å²) in [5, 5.41) is 1.02. The third-order valence-electron chi connectivity index (χ3n) is 5.52. The van der Waals surface area contributed by atoms with Crippen molar-refractivity contribution in [2.24, 2.45) is 0 Å². The van der Waals surface area contributed by atoms with Crippen molar-refractivity contribution < 1.29 is 4.39 Å². The predicted octanol–water partition coefficient (Wildman–Crippen LogP) is 6.77. The van der Waals surface area contributed by atoms with Gasteiger partial charge in [0, 0.05) is 34.8 Å². The van der Waals surface area contributed by atoms with Crippen LogP contribution in [0.2, 0.25) is 0 Å². The minimum Gasteiger partial charge on any atom is -0.341 e. The highest BCUT2D eigenvalue weighted by molar-refractivity contribution is 5.98. The summed E-state index contributed by atoms with van der Waals surface area (Å²) >= 11 is 0. The second kappa shape index (κ2) is 8.19. The van der Waals surface area contributed by atoms with Crippen molar-refractivity contribution in [1.82, 2.24) is 19.9 Å². The molecule has 0 radical (unpaired) electrons.